The van der Waals surface area contributed by atoms with Gasteiger partial charge in [-0.15, -0.1) is 0 Å². The molecule has 3 aliphatic heterocycles. The summed E-state index contributed by atoms with van der Waals surface area (Å²) in [6.07, 6.45) is 3.81. The summed E-state index contributed by atoms with van der Waals surface area (Å²) >= 11 is 0. The van der Waals surface area contributed by atoms with E-state index in [9.17, 15) is 13.2 Å². The van der Waals surface area contributed by atoms with Gasteiger partial charge in [0.15, 0.2) is 18.1 Å². The lowest BCUT2D eigenvalue weighted by Crippen LogP contribution is -2.50. The third-order valence-corrected chi connectivity index (χ3v) is 9.77. The van der Waals surface area contributed by atoms with E-state index < -0.39 is 9.84 Å². The monoisotopic (exact) mass is 578 g/mol. The molecule has 216 valence electrons. The summed E-state index contributed by atoms with van der Waals surface area (Å²) < 4.78 is 48.6. The Bertz CT molecular complexity index is 1450. The fraction of sp³-hybridized carbons (Fsp3) is 0.387. The van der Waals surface area contributed by atoms with Gasteiger partial charge in [-0.05, 0) is 74.2 Å². The van der Waals surface area contributed by atoms with Crippen LogP contribution < -0.4 is 18.9 Å². The lowest BCUT2D eigenvalue weighted by atomic mass is 9.99. The van der Waals surface area contributed by atoms with Gasteiger partial charge in [0.05, 0.1) is 9.79 Å². The van der Waals surface area contributed by atoms with Crippen molar-refractivity contribution in [1.82, 2.24) is 9.80 Å². The Morgan fingerprint density at radius 2 is 1.46 bits per heavy atom. The summed E-state index contributed by atoms with van der Waals surface area (Å²) in [6.45, 7) is 3.55. The van der Waals surface area contributed by atoms with E-state index in [1.165, 1.54) is 12.1 Å². The van der Waals surface area contributed by atoms with Crippen molar-refractivity contribution < 1.29 is 32.2 Å². The van der Waals surface area contributed by atoms with Crippen LogP contribution in [0.25, 0.3) is 0 Å². The van der Waals surface area contributed by atoms with Crippen LogP contribution in [-0.4, -0.2) is 75.8 Å². The Kier molecular flexibility index (Phi) is 8.02. The number of sulfone groups is 1. The van der Waals surface area contributed by atoms with E-state index in [1.54, 1.807) is 30.3 Å². The molecule has 3 heterocycles. The maximum atomic E-state index is 13.1. The molecule has 9 nitrogen and oxygen atoms in total. The molecule has 41 heavy (non-hydrogen) atoms. The molecule has 2 fully saturated rings. The number of hydrogen-bond donors (Lipinski definition) is 0. The Hall–Kier alpha value is -3.76. The van der Waals surface area contributed by atoms with E-state index in [1.807, 2.05) is 35.2 Å². The van der Waals surface area contributed by atoms with Crippen molar-refractivity contribution in [2.24, 2.45) is 0 Å². The maximum absolute atomic E-state index is 13.1. The molecule has 0 aliphatic carbocycles. The largest absolute Gasteiger partial charge is 0.490 e. The second-order valence-corrected chi connectivity index (χ2v) is 12.5. The van der Waals surface area contributed by atoms with Gasteiger partial charge >= 0.3 is 0 Å². The van der Waals surface area contributed by atoms with Gasteiger partial charge in [-0.1, -0.05) is 18.2 Å². The van der Waals surface area contributed by atoms with Crippen molar-refractivity contribution in [3.8, 4) is 23.0 Å². The SMILES string of the molecule is O=C(COc1ccccc1)N1CCC(N2CCC(Oc3ccc(S(=O)(=O)c4ccc5c(c4)OCO5)cc3)CC2)CC1. The van der Waals surface area contributed by atoms with Gasteiger partial charge in [-0.2, -0.15) is 0 Å². The van der Waals surface area contributed by atoms with Crippen molar-refractivity contribution >= 4 is 15.7 Å². The van der Waals surface area contributed by atoms with Crippen LogP contribution in [0, 0.1) is 0 Å². The number of para-hydroxylation sites is 1. The predicted octanol–water partition coefficient (Wildman–Crippen LogP) is 4.16. The highest BCUT2D eigenvalue weighted by Gasteiger charge is 2.30. The molecule has 0 atom stereocenters. The average Bonchev–Trinajstić information content (AvgIpc) is 3.49. The van der Waals surface area contributed by atoms with Crippen molar-refractivity contribution in [1.29, 1.82) is 0 Å². The molecule has 6 rings (SSSR count). The lowest BCUT2D eigenvalue weighted by Gasteiger charge is -2.41. The highest BCUT2D eigenvalue weighted by molar-refractivity contribution is 7.91. The quantitative estimate of drug-likeness (QED) is 0.393. The van der Waals surface area contributed by atoms with E-state index in [0.29, 0.717) is 29.0 Å². The summed E-state index contributed by atoms with van der Waals surface area (Å²) in [5, 5.41) is 0. The first-order valence-electron chi connectivity index (χ1n) is 14.1. The number of piperidine rings is 2. The van der Waals surface area contributed by atoms with Gasteiger partial charge in [0.2, 0.25) is 16.6 Å². The second-order valence-electron chi connectivity index (χ2n) is 10.6. The Morgan fingerprint density at radius 3 is 2.20 bits per heavy atom. The number of ether oxygens (including phenoxy) is 4. The first-order chi connectivity index (χ1) is 20.0. The molecule has 3 aromatic rings. The van der Waals surface area contributed by atoms with Gasteiger partial charge in [-0.25, -0.2) is 8.42 Å². The zero-order valence-corrected chi connectivity index (χ0v) is 23.6. The third kappa shape index (κ3) is 6.28. The molecule has 0 N–H and O–H groups in total. The fourth-order valence-electron chi connectivity index (χ4n) is 5.66. The van der Waals surface area contributed by atoms with Crippen molar-refractivity contribution in [3.63, 3.8) is 0 Å². The number of fused-ring (bicyclic) bond motifs is 1. The van der Waals surface area contributed by atoms with Gasteiger partial charge in [0.25, 0.3) is 5.91 Å². The summed E-state index contributed by atoms with van der Waals surface area (Å²) in [5.41, 5.74) is 0. The minimum absolute atomic E-state index is 0.0362. The van der Waals surface area contributed by atoms with E-state index in [-0.39, 0.29) is 35.2 Å². The molecule has 10 heteroatoms. The maximum Gasteiger partial charge on any atom is 0.260 e. The molecule has 0 saturated carbocycles. The molecular weight excluding hydrogens is 544 g/mol. The van der Waals surface area contributed by atoms with Gasteiger partial charge in [0, 0.05) is 38.3 Å². The number of nitrogens with zero attached hydrogens (tertiary/aromatic N) is 2. The predicted molar refractivity (Wildman–Crippen MR) is 151 cm³/mol. The molecule has 0 bridgehead atoms. The second kappa shape index (κ2) is 12.0. The molecule has 0 radical (unpaired) electrons. The van der Waals surface area contributed by atoms with Gasteiger partial charge < -0.3 is 23.8 Å². The number of carbonyl (C=O) groups excluding carboxylic acids is 1. The zero-order valence-electron chi connectivity index (χ0n) is 22.8. The van der Waals surface area contributed by atoms with Crippen molar-refractivity contribution in [2.45, 2.75) is 47.6 Å². The van der Waals surface area contributed by atoms with Crippen LogP contribution in [0.5, 0.6) is 23.0 Å². The van der Waals surface area contributed by atoms with Crippen molar-refractivity contribution in [2.75, 3.05) is 39.6 Å². The highest BCUT2D eigenvalue weighted by Crippen LogP contribution is 2.36. The lowest BCUT2D eigenvalue weighted by molar-refractivity contribution is -0.135. The van der Waals surface area contributed by atoms with Crippen LogP contribution >= 0.6 is 0 Å². The summed E-state index contributed by atoms with van der Waals surface area (Å²) in [4.78, 5) is 17.4. The van der Waals surface area contributed by atoms with E-state index in [0.717, 1.165) is 51.9 Å². The topological polar surface area (TPSA) is 94.6 Å². The Labute approximate surface area is 240 Å². The van der Waals surface area contributed by atoms with Gasteiger partial charge in [0.1, 0.15) is 17.6 Å². The molecule has 0 unspecified atom stereocenters. The normalized spacial score (nSPS) is 18.3. The summed E-state index contributed by atoms with van der Waals surface area (Å²) in [5.74, 6) is 2.39. The van der Waals surface area contributed by atoms with Gasteiger partial charge in [-0.3, -0.25) is 9.69 Å². The molecule has 3 aliphatic rings. The Morgan fingerprint density at radius 1 is 0.780 bits per heavy atom. The van der Waals surface area contributed by atoms with Crippen molar-refractivity contribution in [3.05, 3.63) is 72.8 Å². The number of carbonyl (C=O) groups is 1. The van der Waals surface area contributed by atoms with Crippen LogP contribution in [0.15, 0.2) is 82.6 Å². The molecule has 0 aromatic heterocycles. The first kappa shape index (κ1) is 27.4. The Balaban J connectivity index is 0.950. The summed E-state index contributed by atoms with van der Waals surface area (Å²) in [6, 6.07) is 21.2. The number of amides is 1. The number of rotatable bonds is 8. The van der Waals surface area contributed by atoms with E-state index >= 15 is 0 Å². The minimum Gasteiger partial charge on any atom is -0.490 e. The average molecular weight is 579 g/mol. The zero-order chi connectivity index (χ0) is 28.2. The van der Waals surface area contributed by atoms with E-state index in [4.69, 9.17) is 18.9 Å². The summed E-state index contributed by atoms with van der Waals surface area (Å²) in [7, 11) is -3.68. The van der Waals surface area contributed by atoms with E-state index in [2.05, 4.69) is 4.90 Å². The third-order valence-electron chi connectivity index (χ3n) is 8.01. The van der Waals surface area contributed by atoms with Crippen LogP contribution in [-0.2, 0) is 14.6 Å². The number of hydrogen-bond acceptors (Lipinski definition) is 8. The molecule has 0 spiro atoms. The molecular formula is C31H34N2O7S. The smallest absolute Gasteiger partial charge is 0.260 e. The molecule has 1 amide bonds. The van der Waals surface area contributed by atoms with Crippen LogP contribution in [0.3, 0.4) is 0 Å². The van der Waals surface area contributed by atoms with Crippen LogP contribution in [0.2, 0.25) is 0 Å². The van der Waals surface area contributed by atoms with Crippen LogP contribution in [0.4, 0.5) is 0 Å². The van der Waals surface area contributed by atoms with Crippen LogP contribution in [0.1, 0.15) is 25.7 Å². The molecule has 3 aromatic carbocycles. The fourth-order valence-corrected chi connectivity index (χ4v) is 6.94. The molecule has 2 saturated heterocycles. The highest BCUT2D eigenvalue weighted by atomic mass is 32.2. The first-order valence-corrected chi connectivity index (χ1v) is 15.6. The number of likely N-dealkylation sites (tertiary alicyclic amines) is 2. The standard InChI is InChI=1S/C31H34N2O7S/c34-31(21-37-24-4-2-1-3-5-24)33-16-12-23(13-17-33)32-18-14-26(15-19-32)40-25-6-8-27(9-7-25)41(35,36)28-10-11-29-30(20-28)39-22-38-29/h1-11,20,23,26H,12-19,21-22H2. The number of benzene rings is 3. The minimum atomic E-state index is -3.68.